The van der Waals surface area contributed by atoms with Crippen LogP contribution in [0.15, 0.2) is 0 Å². The van der Waals surface area contributed by atoms with Gasteiger partial charge in [0.05, 0.1) is 6.10 Å². The molecule has 0 amide bonds. The van der Waals surface area contributed by atoms with E-state index in [0.29, 0.717) is 4.83 Å². The Morgan fingerprint density at radius 3 is 2.55 bits per heavy atom. The van der Waals surface area contributed by atoms with Crippen LogP contribution in [0.1, 0.15) is 12.8 Å². The van der Waals surface area contributed by atoms with E-state index in [1.165, 1.54) is 0 Å². The summed E-state index contributed by atoms with van der Waals surface area (Å²) < 4.78 is 0. The zero-order chi connectivity index (χ0) is 8.43. The molecule has 1 N–H and O–H groups in total. The number of hydrogen-bond acceptors (Lipinski definition) is 2. The number of carbonyl (C=O) groups excluding carboxylic acids is 1. The first-order valence-corrected chi connectivity index (χ1v) is 5.39. The van der Waals surface area contributed by atoms with Gasteiger partial charge in [0.1, 0.15) is 6.29 Å². The van der Waals surface area contributed by atoms with Gasteiger partial charge in [-0.15, -0.1) is 0 Å². The molecule has 0 bridgehead atoms. The van der Waals surface area contributed by atoms with Crippen molar-refractivity contribution in [2.24, 2.45) is 5.92 Å². The summed E-state index contributed by atoms with van der Waals surface area (Å²) >= 11 is 6.77. The van der Waals surface area contributed by atoms with Gasteiger partial charge in [-0.1, -0.05) is 31.9 Å². The molecule has 4 atom stereocenters. The van der Waals surface area contributed by atoms with Gasteiger partial charge in [-0.3, -0.25) is 0 Å². The predicted molar refractivity (Wildman–Crippen MR) is 50.2 cm³/mol. The van der Waals surface area contributed by atoms with E-state index in [1.54, 1.807) is 0 Å². The minimum absolute atomic E-state index is 0.0517. The number of aliphatic hydroxyl groups is 1. The van der Waals surface area contributed by atoms with Crippen molar-refractivity contribution >= 4 is 38.1 Å². The van der Waals surface area contributed by atoms with E-state index < -0.39 is 6.10 Å². The molecule has 0 aliphatic heterocycles. The summed E-state index contributed by atoms with van der Waals surface area (Å²) in [6.07, 6.45) is 1.95. The van der Waals surface area contributed by atoms with Gasteiger partial charge in [-0.25, -0.2) is 0 Å². The molecule has 0 spiro atoms. The second-order valence-corrected chi connectivity index (χ2v) is 5.35. The highest BCUT2D eigenvalue weighted by Gasteiger charge is 2.33. The van der Waals surface area contributed by atoms with E-state index in [2.05, 4.69) is 31.9 Å². The lowest BCUT2D eigenvalue weighted by Crippen LogP contribution is -2.38. The summed E-state index contributed by atoms with van der Waals surface area (Å²) in [7, 11) is 0. The molecular formula is C7H10Br2O2. The first-order valence-electron chi connectivity index (χ1n) is 3.56. The fourth-order valence-electron chi connectivity index (χ4n) is 1.32. The molecule has 0 aromatic rings. The lowest BCUT2D eigenvalue weighted by Gasteiger charge is -2.31. The molecule has 4 heteroatoms. The molecule has 1 fully saturated rings. The maximum atomic E-state index is 10.5. The van der Waals surface area contributed by atoms with Crippen LogP contribution >= 0.6 is 31.9 Å². The highest BCUT2D eigenvalue weighted by atomic mass is 79.9. The van der Waals surface area contributed by atoms with E-state index >= 15 is 0 Å². The molecule has 64 valence electrons. The summed E-state index contributed by atoms with van der Waals surface area (Å²) in [4.78, 5) is 10.9. The van der Waals surface area contributed by atoms with Crippen LogP contribution in [-0.2, 0) is 4.79 Å². The van der Waals surface area contributed by atoms with Crippen molar-refractivity contribution in [2.45, 2.75) is 28.6 Å². The number of hydrogen-bond donors (Lipinski definition) is 1. The van der Waals surface area contributed by atoms with Gasteiger partial charge < -0.3 is 9.90 Å². The molecular weight excluding hydrogens is 276 g/mol. The number of carbonyl (C=O) groups is 1. The Balaban J connectivity index is 2.58. The van der Waals surface area contributed by atoms with Crippen LogP contribution < -0.4 is 0 Å². The van der Waals surface area contributed by atoms with Gasteiger partial charge in [0.2, 0.25) is 0 Å². The molecule has 0 aromatic carbocycles. The van der Waals surface area contributed by atoms with Crippen LogP contribution in [0.3, 0.4) is 0 Å². The Morgan fingerprint density at radius 2 is 2.00 bits per heavy atom. The molecule has 0 radical (unpaired) electrons. The molecule has 1 saturated carbocycles. The standard InChI is InChI=1S/C7H10Br2O2/c8-5-1-4(3-10)7(11)6(9)2-5/h3-7,11H,1-2H2. The lowest BCUT2D eigenvalue weighted by atomic mass is 9.87. The van der Waals surface area contributed by atoms with E-state index in [4.69, 9.17) is 0 Å². The second-order valence-electron chi connectivity index (χ2n) is 2.88. The van der Waals surface area contributed by atoms with E-state index in [1.807, 2.05) is 0 Å². The summed E-state index contributed by atoms with van der Waals surface area (Å²) in [6.45, 7) is 0. The van der Waals surface area contributed by atoms with Gasteiger partial charge in [-0.2, -0.15) is 0 Å². The Hall–Kier alpha value is 0.590. The van der Waals surface area contributed by atoms with Gasteiger partial charge >= 0.3 is 0 Å². The highest BCUT2D eigenvalue weighted by molar-refractivity contribution is 9.10. The first-order chi connectivity index (χ1) is 5.15. The van der Waals surface area contributed by atoms with Crippen LogP contribution in [0, 0.1) is 5.92 Å². The van der Waals surface area contributed by atoms with Crippen molar-refractivity contribution in [3.8, 4) is 0 Å². The van der Waals surface area contributed by atoms with Crippen molar-refractivity contribution in [3.05, 3.63) is 0 Å². The Labute approximate surface area is 82.6 Å². The first kappa shape index (κ1) is 9.68. The van der Waals surface area contributed by atoms with Crippen molar-refractivity contribution < 1.29 is 9.90 Å². The van der Waals surface area contributed by atoms with Gasteiger partial charge in [0.15, 0.2) is 0 Å². The maximum absolute atomic E-state index is 10.5. The molecule has 1 aliphatic carbocycles. The van der Waals surface area contributed by atoms with Crippen molar-refractivity contribution in [1.82, 2.24) is 0 Å². The topological polar surface area (TPSA) is 37.3 Å². The van der Waals surface area contributed by atoms with Gasteiger partial charge in [-0.05, 0) is 12.8 Å². The Kier molecular flexibility index (Phi) is 3.52. The summed E-state index contributed by atoms with van der Waals surface area (Å²) in [5.74, 6) is -0.211. The largest absolute Gasteiger partial charge is 0.391 e. The third-order valence-electron chi connectivity index (χ3n) is 1.99. The van der Waals surface area contributed by atoms with Crippen LogP contribution in [0.5, 0.6) is 0 Å². The molecule has 0 saturated heterocycles. The summed E-state index contributed by atoms with van der Waals surface area (Å²) in [6, 6.07) is 0. The zero-order valence-electron chi connectivity index (χ0n) is 5.91. The normalized spacial score (nSPS) is 45.4. The average molecular weight is 286 g/mol. The van der Waals surface area contributed by atoms with Crippen LogP contribution in [0.2, 0.25) is 0 Å². The van der Waals surface area contributed by atoms with E-state index in [0.717, 1.165) is 19.1 Å². The smallest absolute Gasteiger partial charge is 0.125 e. The van der Waals surface area contributed by atoms with Crippen LogP contribution in [-0.4, -0.2) is 27.2 Å². The Bertz CT molecular complexity index is 151. The minimum atomic E-state index is -0.513. The molecule has 1 aliphatic rings. The average Bonchev–Trinajstić information content (AvgIpc) is 1.96. The molecule has 0 aromatic heterocycles. The van der Waals surface area contributed by atoms with Crippen LogP contribution in [0.4, 0.5) is 0 Å². The van der Waals surface area contributed by atoms with E-state index in [9.17, 15) is 9.90 Å². The number of alkyl halides is 2. The highest BCUT2D eigenvalue weighted by Crippen LogP contribution is 2.32. The number of aliphatic hydroxyl groups excluding tert-OH is 1. The Morgan fingerprint density at radius 1 is 1.36 bits per heavy atom. The third kappa shape index (κ3) is 2.26. The quantitative estimate of drug-likeness (QED) is 0.585. The van der Waals surface area contributed by atoms with Crippen LogP contribution in [0.25, 0.3) is 0 Å². The molecule has 11 heavy (non-hydrogen) atoms. The SMILES string of the molecule is O=CC1CC(Br)CC(Br)C1O. The summed E-state index contributed by atoms with van der Waals surface area (Å²) in [5.41, 5.74) is 0. The number of aldehydes is 1. The van der Waals surface area contributed by atoms with Crippen molar-refractivity contribution in [1.29, 1.82) is 0 Å². The third-order valence-corrected chi connectivity index (χ3v) is 3.66. The van der Waals surface area contributed by atoms with E-state index in [-0.39, 0.29) is 10.7 Å². The second kappa shape index (κ2) is 4.01. The molecule has 1 rings (SSSR count). The minimum Gasteiger partial charge on any atom is -0.391 e. The van der Waals surface area contributed by atoms with Crippen molar-refractivity contribution in [3.63, 3.8) is 0 Å². The lowest BCUT2D eigenvalue weighted by molar-refractivity contribution is -0.115. The fourth-order valence-corrected chi connectivity index (χ4v) is 3.50. The number of rotatable bonds is 1. The number of halogens is 2. The van der Waals surface area contributed by atoms with Crippen molar-refractivity contribution in [2.75, 3.05) is 0 Å². The maximum Gasteiger partial charge on any atom is 0.125 e. The monoisotopic (exact) mass is 284 g/mol. The predicted octanol–water partition coefficient (Wildman–Crippen LogP) is 1.48. The van der Waals surface area contributed by atoms with Gasteiger partial charge in [0.25, 0.3) is 0 Å². The molecule has 0 heterocycles. The molecule has 4 unspecified atom stereocenters. The summed E-state index contributed by atoms with van der Waals surface area (Å²) in [5, 5.41) is 9.46. The molecule has 2 nitrogen and oxygen atoms in total. The van der Waals surface area contributed by atoms with Gasteiger partial charge in [0, 0.05) is 15.6 Å². The zero-order valence-corrected chi connectivity index (χ0v) is 9.08. The fraction of sp³-hybridized carbons (Fsp3) is 0.857.